The lowest BCUT2D eigenvalue weighted by Gasteiger charge is -1.98. The number of alkyl halides is 2. The lowest BCUT2D eigenvalue weighted by atomic mass is 10.4. The molecular weight excluding hydrogens is 313 g/mol. The quantitative estimate of drug-likeness (QED) is 0.854. The van der Waals surface area contributed by atoms with Crippen molar-refractivity contribution in [1.29, 1.82) is 0 Å². The molecule has 0 atom stereocenters. The fraction of sp³-hybridized carbons (Fsp3) is 0.333. The van der Waals surface area contributed by atoms with Crippen LogP contribution in [0.25, 0.3) is 0 Å². The van der Waals surface area contributed by atoms with Gasteiger partial charge < -0.3 is 9.84 Å². The highest BCUT2D eigenvalue weighted by Gasteiger charge is 2.22. The Bertz CT molecular complexity index is 366. The minimum absolute atomic E-state index is 0.0536. The molecule has 1 N–H and O–H groups in total. The van der Waals surface area contributed by atoms with Crippen molar-refractivity contribution >= 4 is 28.6 Å². The first-order chi connectivity index (χ1) is 6.43. The third-order valence-corrected chi connectivity index (χ3v) is 2.34. The largest absolute Gasteiger partial charge is 0.476 e. The van der Waals surface area contributed by atoms with Crippen molar-refractivity contribution in [3.05, 3.63) is 9.26 Å². The van der Waals surface area contributed by atoms with Crippen LogP contribution in [0.3, 0.4) is 0 Å². The molecule has 0 aliphatic carbocycles. The van der Waals surface area contributed by atoms with Crippen LogP contribution in [-0.4, -0.2) is 27.5 Å². The summed E-state index contributed by atoms with van der Waals surface area (Å²) in [6.07, 6.45) is 0. The zero-order valence-electron chi connectivity index (χ0n) is 6.87. The molecule has 0 bridgehead atoms. The number of rotatable bonds is 3. The van der Waals surface area contributed by atoms with Gasteiger partial charge in [-0.05, 0) is 22.6 Å². The molecule has 0 aliphatic rings. The number of hydrogen-bond donors (Lipinski definition) is 1. The van der Waals surface area contributed by atoms with E-state index in [0.717, 1.165) is 4.68 Å². The molecule has 1 heterocycles. The summed E-state index contributed by atoms with van der Waals surface area (Å²) in [6.45, 7) is -3.01. The molecule has 0 amide bonds. The molecule has 0 saturated carbocycles. The Balaban J connectivity index is 3.10. The number of carboxylic acids is 1. The van der Waals surface area contributed by atoms with Crippen LogP contribution in [0.15, 0.2) is 0 Å². The Morgan fingerprint density at radius 1 is 1.71 bits per heavy atom. The van der Waals surface area contributed by atoms with Gasteiger partial charge in [0.2, 0.25) is 0 Å². The predicted molar refractivity (Wildman–Crippen MR) is 49.5 cm³/mol. The van der Waals surface area contributed by atoms with Gasteiger partial charge in [0, 0.05) is 7.05 Å². The second kappa shape index (κ2) is 4.07. The highest BCUT2D eigenvalue weighted by molar-refractivity contribution is 14.1. The second-order valence-electron chi connectivity index (χ2n) is 2.28. The van der Waals surface area contributed by atoms with Gasteiger partial charge in [-0.3, -0.25) is 4.68 Å². The highest BCUT2D eigenvalue weighted by atomic mass is 127. The van der Waals surface area contributed by atoms with E-state index in [9.17, 15) is 13.6 Å². The van der Waals surface area contributed by atoms with Crippen molar-refractivity contribution < 1.29 is 23.4 Å². The Labute approximate surface area is 90.8 Å². The average Bonchev–Trinajstić information content (AvgIpc) is 2.25. The number of ether oxygens (including phenoxy) is 1. The van der Waals surface area contributed by atoms with E-state index in [4.69, 9.17) is 5.11 Å². The van der Waals surface area contributed by atoms with Gasteiger partial charge in [-0.25, -0.2) is 4.79 Å². The van der Waals surface area contributed by atoms with Crippen LogP contribution in [0.4, 0.5) is 8.78 Å². The zero-order valence-corrected chi connectivity index (χ0v) is 9.03. The van der Waals surface area contributed by atoms with Gasteiger partial charge in [0.1, 0.15) is 3.57 Å². The number of nitrogens with zero attached hydrogens (tertiary/aromatic N) is 2. The molecule has 0 saturated heterocycles. The Hall–Kier alpha value is -0.930. The summed E-state index contributed by atoms with van der Waals surface area (Å²) >= 11 is 1.59. The molecule has 5 nitrogen and oxygen atoms in total. The van der Waals surface area contributed by atoms with Crippen molar-refractivity contribution in [3.63, 3.8) is 0 Å². The lowest BCUT2D eigenvalue weighted by Crippen LogP contribution is -2.06. The van der Waals surface area contributed by atoms with Crippen molar-refractivity contribution in [2.45, 2.75) is 6.61 Å². The van der Waals surface area contributed by atoms with E-state index in [0.29, 0.717) is 0 Å². The fourth-order valence-electron chi connectivity index (χ4n) is 0.865. The van der Waals surface area contributed by atoms with Crippen molar-refractivity contribution in [1.82, 2.24) is 9.78 Å². The van der Waals surface area contributed by atoms with Crippen molar-refractivity contribution in [2.75, 3.05) is 0 Å². The molecule has 1 rings (SSSR count). The van der Waals surface area contributed by atoms with E-state index in [1.807, 2.05) is 0 Å². The first-order valence-electron chi connectivity index (χ1n) is 3.34. The number of hydrogen-bond acceptors (Lipinski definition) is 3. The van der Waals surface area contributed by atoms with E-state index in [2.05, 4.69) is 9.84 Å². The van der Waals surface area contributed by atoms with Gasteiger partial charge >= 0.3 is 12.6 Å². The molecule has 0 fully saturated rings. The third kappa shape index (κ3) is 2.11. The molecule has 0 aliphatic heterocycles. The van der Waals surface area contributed by atoms with Gasteiger partial charge in [-0.1, -0.05) is 0 Å². The highest BCUT2D eigenvalue weighted by Crippen LogP contribution is 2.24. The summed E-state index contributed by atoms with van der Waals surface area (Å²) < 4.78 is 28.7. The number of halogens is 3. The smallest absolute Gasteiger partial charge is 0.388 e. The topological polar surface area (TPSA) is 64.4 Å². The number of aromatic nitrogens is 2. The summed E-state index contributed by atoms with van der Waals surface area (Å²) in [5, 5.41) is 12.2. The predicted octanol–water partition coefficient (Wildman–Crippen LogP) is 1.32. The van der Waals surface area contributed by atoms with E-state index < -0.39 is 12.6 Å². The molecule has 0 unspecified atom stereocenters. The number of aromatic carboxylic acids is 1. The minimum Gasteiger partial charge on any atom is -0.476 e. The molecule has 78 valence electrons. The van der Waals surface area contributed by atoms with E-state index >= 15 is 0 Å². The molecule has 1 aromatic rings. The number of aryl methyl sites for hydroxylation is 1. The van der Waals surface area contributed by atoms with Crippen molar-refractivity contribution in [3.8, 4) is 5.88 Å². The molecule has 14 heavy (non-hydrogen) atoms. The van der Waals surface area contributed by atoms with E-state index in [1.54, 1.807) is 22.6 Å². The molecule has 8 heteroatoms. The SMILES string of the molecule is Cn1nc(OC(F)F)c(I)c1C(=O)O. The summed E-state index contributed by atoms with van der Waals surface area (Å²) in [6, 6.07) is 0. The second-order valence-corrected chi connectivity index (χ2v) is 3.35. The maximum absolute atomic E-state index is 11.8. The van der Waals surface area contributed by atoms with Crippen LogP contribution in [0.2, 0.25) is 0 Å². The van der Waals surface area contributed by atoms with Gasteiger partial charge in [0.05, 0.1) is 0 Å². The van der Waals surface area contributed by atoms with Crippen LogP contribution in [0.1, 0.15) is 10.5 Å². The van der Waals surface area contributed by atoms with E-state index in [1.165, 1.54) is 7.05 Å². The minimum atomic E-state index is -3.01. The summed E-state index contributed by atoms with van der Waals surface area (Å²) in [7, 11) is 1.34. The summed E-state index contributed by atoms with van der Waals surface area (Å²) in [4.78, 5) is 10.6. The maximum atomic E-state index is 11.8. The summed E-state index contributed by atoms with van der Waals surface area (Å²) in [5.74, 6) is -1.62. The van der Waals surface area contributed by atoms with Crippen LogP contribution >= 0.6 is 22.6 Å². The van der Waals surface area contributed by atoms with Crippen molar-refractivity contribution in [2.24, 2.45) is 7.05 Å². The Kier molecular flexibility index (Phi) is 3.24. The zero-order chi connectivity index (χ0) is 10.9. The van der Waals surface area contributed by atoms with Crippen LogP contribution < -0.4 is 4.74 Å². The standard InChI is InChI=1S/C6H5F2IN2O3/c1-11-3(5(12)13)2(9)4(10-11)14-6(7)8/h6H,1H3,(H,12,13). The van der Waals surface area contributed by atoms with Crippen LogP contribution in [0, 0.1) is 3.57 Å². The molecular formula is C6H5F2IN2O3. The number of carboxylic acid groups (broad SMARTS) is 1. The normalized spacial score (nSPS) is 10.6. The molecule has 0 spiro atoms. The van der Waals surface area contributed by atoms with Gasteiger partial charge in [-0.15, -0.1) is 5.10 Å². The molecule has 0 radical (unpaired) electrons. The molecule has 0 aromatic carbocycles. The summed E-state index contributed by atoms with van der Waals surface area (Å²) in [5.41, 5.74) is -0.179. The first kappa shape index (κ1) is 11.1. The van der Waals surface area contributed by atoms with Gasteiger partial charge in [-0.2, -0.15) is 8.78 Å². The maximum Gasteiger partial charge on any atom is 0.388 e. The molecule has 1 aromatic heterocycles. The van der Waals surface area contributed by atoms with Crippen LogP contribution in [0.5, 0.6) is 5.88 Å². The Morgan fingerprint density at radius 2 is 2.29 bits per heavy atom. The third-order valence-electron chi connectivity index (χ3n) is 1.36. The van der Waals surface area contributed by atoms with Gasteiger partial charge in [0.25, 0.3) is 5.88 Å². The number of carbonyl (C=O) groups is 1. The fourth-order valence-corrected chi connectivity index (χ4v) is 1.68. The Morgan fingerprint density at radius 3 is 2.64 bits per heavy atom. The van der Waals surface area contributed by atoms with E-state index in [-0.39, 0.29) is 15.1 Å². The average molecular weight is 318 g/mol. The van der Waals surface area contributed by atoms with Crippen LogP contribution in [-0.2, 0) is 7.05 Å². The lowest BCUT2D eigenvalue weighted by molar-refractivity contribution is -0.0537. The first-order valence-corrected chi connectivity index (χ1v) is 4.42. The monoisotopic (exact) mass is 318 g/mol. The van der Waals surface area contributed by atoms with Gasteiger partial charge in [0.15, 0.2) is 5.69 Å².